The predicted molar refractivity (Wildman–Crippen MR) is 82.1 cm³/mol. The Morgan fingerprint density at radius 2 is 1.90 bits per heavy atom. The summed E-state index contributed by atoms with van der Waals surface area (Å²) in [5.74, 6) is -0.0978. The second-order valence-corrected chi connectivity index (χ2v) is 5.60. The largest absolute Gasteiger partial charge is 0.342 e. The Hall–Kier alpha value is -1.91. The van der Waals surface area contributed by atoms with Crippen molar-refractivity contribution >= 4 is 17.5 Å². The van der Waals surface area contributed by atoms with Crippen LogP contribution >= 0.6 is 0 Å². The van der Waals surface area contributed by atoms with Crippen LogP contribution in [0.15, 0.2) is 12.1 Å². The summed E-state index contributed by atoms with van der Waals surface area (Å²) < 4.78 is 0. The summed E-state index contributed by atoms with van der Waals surface area (Å²) >= 11 is 0. The van der Waals surface area contributed by atoms with Gasteiger partial charge in [-0.3, -0.25) is 14.6 Å². The summed E-state index contributed by atoms with van der Waals surface area (Å²) in [7, 11) is 0. The van der Waals surface area contributed by atoms with E-state index in [-0.39, 0.29) is 11.8 Å². The molecule has 1 aromatic rings. The molecule has 2 rings (SSSR count). The van der Waals surface area contributed by atoms with Crippen LogP contribution in [0.5, 0.6) is 0 Å². The van der Waals surface area contributed by atoms with E-state index in [4.69, 9.17) is 0 Å². The highest BCUT2D eigenvalue weighted by atomic mass is 16.2. The molecule has 0 radical (unpaired) electrons. The monoisotopic (exact) mass is 289 g/mol. The van der Waals surface area contributed by atoms with E-state index < -0.39 is 5.54 Å². The zero-order valence-electron chi connectivity index (χ0n) is 13.2. The SMILES string of the molecule is CCC1(CC)NC(=O)CCN(c2ccc(C)nc2C)C1=O. The lowest BCUT2D eigenvalue weighted by Gasteiger charge is -2.34. The maximum absolute atomic E-state index is 13.0. The minimum atomic E-state index is -0.801. The fourth-order valence-corrected chi connectivity index (χ4v) is 2.88. The van der Waals surface area contributed by atoms with Gasteiger partial charge in [0.25, 0.3) is 5.91 Å². The van der Waals surface area contributed by atoms with E-state index in [1.807, 2.05) is 39.8 Å². The average Bonchev–Trinajstić information content (AvgIpc) is 2.58. The topological polar surface area (TPSA) is 62.3 Å². The summed E-state index contributed by atoms with van der Waals surface area (Å²) in [5.41, 5.74) is 1.74. The van der Waals surface area contributed by atoms with E-state index in [1.165, 1.54) is 0 Å². The number of carbonyl (C=O) groups excluding carboxylic acids is 2. The average molecular weight is 289 g/mol. The first-order valence-electron chi connectivity index (χ1n) is 7.50. The second kappa shape index (κ2) is 5.84. The Kier molecular flexibility index (Phi) is 4.30. The van der Waals surface area contributed by atoms with Gasteiger partial charge in [-0.2, -0.15) is 0 Å². The summed E-state index contributed by atoms with van der Waals surface area (Å²) in [6.45, 7) is 8.10. The molecule has 5 nitrogen and oxygen atoms in total. The van der Waals surface area contributed by atoms with Gasteiger partial charge in [-0.1, -0.05) is 13.8 Å². The third-order valence-corrected chi connectivity index (χ3v) is 4.29. The molecule has 0 unspecified atom stereocenters. The summed E-state index contributed by atoms with van der Waals surface area (Å²) in [6.07, 6.45) is 1.49. The van der Waals surface area contributed by atoms with Gasteiger partial charge in [0.2, 0.25) is 5.91 Å². The van der Waals surface area contributed by atoms with Gasteiger partial charge in [0, 0.05) is 18.7 Å². The van der Waals surface area contributed by atoms with Crippen molar-refractivity contribution < 1.29 is 9.59 Å². The molecule has 1 N–H and O–H groups in total. The molecular formula is C16H23N3O2. The molecule has 1 aliphatic heterocycles. The zero-order valence-corrected chi connectivity index (χ0v) is 13.2. The summed E-state index contributed by atoms with van der Waals surface area (Å²) in [5, 5.41) is 2.92. The quantitative estimate of drug-likeness (QED) is 0.927. The summed E-state index contributed by atoms with van der Waals surface area (Å²) in [6, 6.07) is 3.82. The number of rotatable bonds is 3. The lowest BCUT2D eigenvalue weighted by molar-refractivity contribution is -0.130. The standard InChI is InChI=1S/C16H23N3O2/c1-5-16(6-2)15(21)19(10-9-14(20)18-16)13-8-7-11(3)17-12(13)4/h7-8H,5-6,9-10H2,1-4H3,(H,18,20). The molecule has 1 aromatic heterocycles. The van der Waals surface area contributed by atoms with E-state index in [0.29, 0.717) is 25.8 Å². The molecule has 1 saturated heterocycles. The van der Waals surface area contributed by atoms with Crippen LogP contribution in [-0.4, -0.2) is 28.9 Å². The van der Waals surface area contributed by atoms with Gasteiger partial charge < -0.3 is 10.2 Å². The number of aromatic nitrogens is 1. The second-order valence-electron chi connectivity index (χ2n) is 5.60. The molecule has 2 amide bonds. The molecule has 0 atom stereocenters. The van der Waals surface area contributed by atoms with Crippen LogP contribution in [0.25, 0.3) is 0 Å². The van der Waals surface area contributed by atoms with Gasteiger partial charge in [0.15, 0.2) is 0 Å². The number of nitrogens with one attached hydrogen (secondary N) is 1. The van der Waals surface area contributed by atoms with Gasteiger partial charge >= 0.3 is 0 Å². The van der Waals surface area contributed by atoms with Crippen LogP contribution in [0.1, 0.15) is 44.5 Å². The highest BCUT2D eigenvalue weighted by molar-refractivity contribution is 6.04. The van der Waals surface area contributed by atoms with Gasteiger partial charge in [0.1, 0.15) is 5.54 Å². The van der Waals surface area contributed by atoms with Crippen molar-refractivity contribution in [3.63, 3.8) is 0 Å². The summed E-state index contributed by atoms with van der Waals surface area (Å²) in [4.78, 5) is 31.1. The zero-order chi connectivity index (χ0) is 15.6. The fourth-order valence-electron chi connectivity index (χ4n) is 2.88. The van der Waals surface area contributed by atoms with Crippen molar-refractivity contribution in [2.24, 2.45) is 0 Å². The number of nitrogens with zero attached hydrogens (tertiary/aromatic N) is 2. The first kappa shape index (κ1) is 15.5. The fraction of sp³-hybridized carbons (Fsp3) is 0.562. The molecule has 0 bridgehead atoms. The van der Waals surface area contributed by atoms with Gasteiger partial charge in [-0.05, 0) is 38.8 Å². The van der Waals surface area contributed by atoms with Gasteiger partial charge in [-0.15, -0.1) is 0 Å². The number of hydrogen-bond acceptors (Lipinski definition) is 3. The third-order valence-electron chi connectivity index (χ3n) is 4.29. The molecule has 21 heavy (non-hydrogen) atoms. The Balaban J connectivity index is 2.47. The normalized spacial score (nSPS) is 18.4. The van der Waals surface area contributed by atoms with Gasteiger partial charge in [-0.25, -0.2) is 0 Å². The molecule has 2 heterocycles. The van der Waals surface area contributed by atoms with E-state index in [1.54, 1.807) is 4.90 Å². The highest BCUT2D eigenvalue weighted by Gasteiger charge is 2.42. The predicted octanol–water partition coefficient (Wildman–Crippen LogP) is 2.11. The number of amides is 2. The van der Waals surface area contributed by atoms with Crippen LogP contribution < -0.4 is 10.2 Å². The Morgan fingerprint density at radius 1 is 1.24 bits per heavy atom. The lowest BCUT2D eigenvalue weighted by atomic mass is 9.91. The van der Waals surface area contributed by atoms with Crippen molar-refractivity contribution in [2.45, 2.75) is 52.5 Å². The molecule has 0 aromatic carbocycles. The van der Waals surface area contributed by atoms with Crippen molar-refractivity contribution in [3.8, 4) is 0 Å². The van der Waals surface area contributed by atoms with Crippen LogP contribution in [0.3, 0.4) is 0 Å². The molecule has 114 valence electrons. The highest BCUT2D eigenvalue weighted by Crippen LogP contribution is 2.27. The van der Waals surface area contributed by atoms with Crippen LogP contribution in [0.2, 0.25) is 0 Å². The number of anilines is 1. The Bertz CT molecular complexity index is 565. The first-order chi connectivity index (χ1) is 9.93. The first-order valence-corrected chi connectivity index (χ1v) is 7.50. The molecule has 1 fully saturated rings. The molecule has 5 heteroatoms. The molecular weight excluding hydrogens is 266 g/mol. The van der Waals surface area contributed by atoms with E-state index in [0.717, 1.165) is 17.1 Å². The smallest absolute Gasteiger partial charge is 0.252 e. The van der Waals surface area contributed by atoms with E-state index in [9.17, 15) is 9.59 Å². The maximum atomic E-state index is 13.0. The van der Waals surface area contributed by atoms with E-state index in [2.05, 4.69) is 10.3 Å². The number of hydrogen-bond donors (Lipinski definition) is 1. The van der Waals surface area contributed by atoms with Crippen LogP contribution in [-0.2, 0) is 9.59 Å². The van der Waals surface area contributed by atoms with Gasteiger partial charge in [0.05, 0.1) is 11.4 Å². The van der Waals surface area contributed by atoms with Crippen molar-refractivity contribution in [1.29, 1.82) is 0 Å². The maximum Gasteiger partial charge on any atom is 0.252 e. The van der Waals surface area contributed by atoms with E-state index >= 15 is 0 Å². The minimum Gasteiger partial charge on any atom is -0.342 e. The minimum absolute atomic E-state index is 0.0351. The number of carbonyl (C=O) groups is 2. The van der Waals surface area contributed by atoms with Crippen LogP contribution in [0, 0.1) is 13.8 Å². The van der Waals surface area contributed by atoms with Crippen molar-refractivity contribution in [1.82, 2.24) is 10.3 Å². The molecule has 1 aliphatic rings. The molecule has 0 spiro atoms. The number of aryl methyl sites for hydroxylation is 2. The van der Waals surface area contributed by atoms with Crippen LogP contribution in [0.4, 0.5) is 5.69 Å². The third kappa shape index (κ3) is 2.77. The lowest BCUT2D eigenvalue weighted by Crippen LogP contribution is -2.56. The number of pyridine rings is 1. The molecule has 0 aliphatic carbocycles. The molecule has 0 saturated carbocycles. The van der Waals surface area contributed by atoms with Crippen molar-refractivity contribution in [2.75, 3.05) is 11.4 Å². The van der Waals surface area contributed by atoms with Crippen molar-refractivity contribution in [3.05, 3.63) is 23.5 Å². The Morgan fingerprint density at radius 3 is 2.48 bits per heavy atom. The Labute approximate surface area is 125 Å².